The summed E-state index contributed by atoms with van der Waals surface area (Å²) in [4.78, 5) is 22.4. The third-order valence-corrected chi connectivity index (χ3v) is 2.67. The molecule has 0 aromatic carbocycles. The molecule has 1 amide bonds. The van der Waals surface area contributed by atoms with Crippen LogP contribution in [0.15, 0.2) is 12.7 Å². The fourth-order valence-electron chi connectivity index (χ4n) is 1.62. The molecule has 0 saturated heterocycles. The van der Waals surface area contributed by atoms with Crippen LogP contribution in [0, 0.1) is 0 Å². The molecule has 4 nitrogen and oxygen atoms in total. The lowest BCUT2D eigenvalue weighted by Crippen LogP contribution is -2.21. The zero-order valence-electron chi connectivity index (χ0n) is 12.2. The van der Waals surface area contributed by atoms with Gasteiger partial charge in [-0.15, -0.1) is 0 Å². The second kappa shape index (κ2) is 11.9. The van der Waals surface area contributed by atoms with Crippen molar-refractivity contribution in [2.24, 2.45) is 0 Å². The zero-order valence-corrected chi connectivity index (χ0v) is 12.2. The highest BCUT2D eigenvalue weighted by molar-refractivity contribution is 5.86. The summed E-state index contributed by atoms with van der Waals surface area (Å²) >= 11 is 0. The highest BCUT2D eigenvalue weighted by Gasteiger charge is 2.02. The summed E-state index contributed by atoms with van der Waals surface area (Å²) in [6.07, 6.45) is 6.33. The van der Waals surface area contributed by atoms with Gasteiger partial charge in [-0.2, -0.15) is 0 Å². The molecular formula is C15H27NO3. The van der Waals surface area contributed by atoms with Gasteiger partial charge >= 0.3 is 0 Å². The van der Waals surface area contributed by atoms with Crippen LogP contribution in [0.5, 0.6) is 0 Å². The van der Waals surface area contributed by atoms with Gasteiger partial charge in [-0.05, 0) is 39.2 Å². The lowest BCUT2D eigenvalue weighted by Gasteiger charge is -2.06. The SMILES string of the molecule is C=CC(=O)NCCCCCC(=O)CCCOC(C)C. The number of hydrogen-bond acceptors (Lipinski definition) is 3. The molecule has 19 heavy (non-hydrogen) atoms. The van der Waals surface area contributed by atoms with E-state index < -0.39 is 0 Å². The quantitative estimate of drug-likeness (QED) is 0.438. The lowest BCUT2D eigenvalue weighted by molar-refractivity contribution is -0.119. The number of amides is 1. The molecule has 0 radical (unpaired) electrons. The van der Waals surface area contributed by atoms with E-state index in [4.69, 9.17) is 4.74 Å². The monoisotopic (exact) mass is 269 g/mol. The summed E-state index contributed by atoms with van der Waals surface area (Å²) in [6, 6.07) is 0. The Balaban J connectivity index is 3.29. The average Bonchev–Trinajstić information content (AvgIpc) is 2.38. The summed E-state index contributed by atoms with van der Waals surface area (Å²) in [5.41, 5.74) is 0. The van der Waals surface area contributed by atoms with Gasteiger partial charge in [0, 0.05) is 26.0 Å². The van der Waals surface area contributed by atoms with E-state index in [2.05, 4.69) is 11.9 Å². The van der Waals surface area contributed by atoms with E-state index in [1.807, 2.05) is 13.8 Å². The molecule has 0 aromatic heterocycles. The van der Waals surface area contributed by atoms with E-state index in [0.29, 0.717) is 31.8 Å². The summed E-state index contributed by atoms with van der Waals surface area (Å²) in [7, 11) is 0. The molecule has 0 aliphatic rings. The standard InChI is InChI=1S/C15H27NO3/c1-4-15(18)16-11-7-5-6-9-14(17)10-8-12-19-13(2)3/h4,13H,1,5-12H2,2-3H3,(H,16,18). The van der Waals surface area contributed by atoms with Crippen LogP contribution < -0.4 is 5.32 Å². The first-order chi connectivity index (χ1) is 9.06. The van der Waals surface area contributed by atoms with Crippen LogP contribution in [0.4, 0.5) is 0 Å². The maximum absolute atomic E-state index is 11.5. The fraction of sp³-hybridized carbons (Fsp3) is 0.733. The zero-order chi connectivity index (χ0) is 14.5. The van der Waals surface area contributed by atoms with Gasteiger partial charge in [0.15, 0.2) is 0 Å². The molecule has 0 heterocycles. The minimum atomic E-state index is -0.138. The molecule has 0 fully saturated rings. The van der Waals surface area contributed by atoms with E-state index in [1.165, 1.54) is 6.08 Å². The van der Waals surface area contributed by atoms with E-state index in [0.717, 1.165) is 25.7 Å². The smallest absolute Gasteiger partial charge is 0.243 e. The van der Waals surface area contributed by atoms with Gasteiger partial charge in [0.05, 0.1) is 6.10 Å². The van der Waals surface area contributed by atoms with Crippen molar-refractivity contribution < 1.29 is 14.3 Å². The highest BCUT2D eigenvalue weighted by atomic mass is 16.5. The van der Waals surface area contributed by atoms with Crippen LogP contribution in [0.2, 0.25) is 0 Å². The first kappa shape index (κ1) is 17.8. The third kappa shape index (κ3) is 13.1. The Morgan fingerprint density at radius 3 is 2.47 bits per heavy atom. The number of unbranched alkanes of at least 4 members (excludes halogenated alkanes) is 2. The van der Waals surface area contributed by atoms with Crippen LogP contribution in [0.25, 0.3) is 0 Å². The summed E-state index contributed by atoms with van der Waals surface area (Å²) in [5.74, 6) is 0.170. The van der Waals surface area contributed by atoms with Gasteiger partial charge in [-0.1, -0.05) is 13.0 Å². The number of Topliss-reactive ketones (excluding diaryl/α,β-unsaturated/α-hetero) is 1. The van der Waals surface area contributed by atoms with E-state index in [1.54, 1.807) is 0 Å². The normalized spacial score (nSPS) is 10.5. The van der Waals surface area contributed by atoms with Crippen LogP contribution in [0.3, 0.4) is 0 Å². The molecule has 0 saturated carbocycles. The predicted molar refractivity (Wildman–Crippen MR) is 77.0 cm³/mol. The highest BCUT2D eigenvalue weighted by Crippen LogP contribution is 2.04. The van der Waals surface area contributed by atoms with Gasteiger partial charge in [-0.3, -0.25) is 9.59 Å². The van der Waals surface area contributed by atoms with E-state index in [9.17, 15) is 9.59 Å². The Kier molecular flexibility index (Phi) is 11.2. The van der Waals surface area contributed by atoms with Crippen LogP contribution in [-0.2, 0) is 14.3 Å². The maximum atomic E-state index is 11.5. The Hall–Kier alpha value is -1.16. The minimum Gasteiger partial charge on any atom is -0.379 e. The largest absolute Gasteiger partial charge is 0.379 e. The van der Waals surface area contributed by atoms with Crippen LogP contribution in [0.1, 0.15) is 52.4 Å². The second-order valence-corrected chi connectivity index (χ2v) is 4.87. The Labute approximate surface area is 116 Å². The maximum Gasteiger partial charge on any atom is 0.243 e. The van der Waals surface area contributed by atoms with E-state index >= 15 is 0 Å². The van der Waals surface area contributed by atoms with Gasteiger partial charge < -0.3 is 10.1 Å². The first-order valence-electron chi connectivity index (χ1n) is 7.09. The summed E-state index contributed by atoms with van der Waals surface area (Å²) in [6.45, 7) is 8.68. The number of hydrogen-bond donors (Lipinski definition) is 1. The second-order valence-electron chi connectivity index (χ2n) is 4.87. The summed E-state index contributed by atoms with van der Waals surface area (Å²) in [5, 5.41) is 2.71. The van der Waals surface area contributed by atoms with Gasteiger partial charge in [0.25, 0.3) is 0 Å². The molecule has 0 aliphatic carbocycles. The average molecular weight is 269 g/mol. The lowest BCUT2D eigenvalue weighted by atomic mass is 10.1. The predicted octanol–water partition coefficient (Wildman–Crippen LogP) is 2.62. The molecule has 0 aromatic rings. The Morgan fingerprint density at radius 2 is 1.84 bits per heavy atom. The fourth-order valence-corrected chi connectivity index (χ4v) is 1.62. The first-order valence-corrected chi connectivity index (χ1v) is 7.09. The topological polar surface area (TPSA) is 55.4 Å². The Morgan fingerprint density at radius 1 is 1.16 bits per heavy atom. The molecule has 0 rings (SSSR count). The third-order valence-electron chi connectivity index (χ3n) is 2.67. The Bertz CT molecular complexity index is 275. The molecule has 0 bridgehead atoms. The van der Waals surface area contributed by atoms with Crippen molar-refractivity contribution in [3.05, 3.63) is 12.7 Å². The summed E-state index contributed by atoms with van der Waals surface area (Å²) < 4.78 is 5.38. The van der Waals surface area contributed by atoms with Crippen LogP contribution in [-0.4, -0.2) is 30.9 Å². The number of ether oxygens (including phenoxy) is 1. The van der Waals surface area contributed by atoms with Crippen molar-refractivity contribution in [1.29, 1.82) is 0 Å². The van der Waals surface area contributed by atoms with Crippen molar-refractivity contribution in [2.75, 3.05) is 13.2 Å². The molecule has 0 atom stereocenters. The number of carbonyl (C=O) groups is 2. The van der Waals surface area contributed by atoms with Gasteiger partial charge in [0.1, 0.15) is 5.78 Å². The van der Waals surface area contributed by atoms with Crippen molar-refractivity contribution >= 4 is 11.7 Å². The number of nitrogens with one attached hydrogen (secondary N) is 1. The molecule has 1 N–H and O–H groups in total. The molecule has 4 heteroatoms. The number of carbonyl (C=O) groups excluding carboxylic acids is 2. The van der Waals surface area contributed by atoms with Crippen molar-refractivity contribution in [2.45, 2.75) is 58.5 Å². The van der Waals surface area contributed by atoms with Crippen molar-refractivity contribution in [1.82, 2.24) is 5.32 Å². The number of rotatable bonds is 12. The molecule has 0 aliphatic heterocycles. The molecule has 0 spiro atoms. The minimum absolute atomic E-state index is 0.138. The van der Waals surface area contributed by atoms with Crippen LogP contribution >= 0.6 is 0 Å². The molecule has 0 unspecified atom stereocenters. The van der Waals surface area contributed by atoms with Gasteiger partial charge in [-0.25, -0.2) is 0 Å². The van der Waals surface area contributed by atoms with Gasteiger partial charge in [0.2, 0.25) is 5.91 Å². The van der Waals surface area contributed by atoms with Crippen molar-refractivity contribution in [3.8, 4) is 0 Å². The van der Waals surface area contributed by atoms with Crippen molar-refractivity contribution in [3.63, 3.8) is 0 Å². The van der Waals surface area contributed by atoms with E-state index in [-0.39, 0.29) is 12.0 Å². The molecule has 110 valence electrons. The molecular weight excluding hydrogens is 242 g/mol. The number of ketones is 1.